The van der Waals surface area contributed by atoms with Crippen LogP contribution in [0.15, 0.2) is 23.4 Å². The van der Waals surface area contributed by atoms with Crippen molar-refractivity contribution in [1.29, 1.82) is 0 Å². The first-order valence-electron chi connectivity index (χ1n) is 6.59. The first-order chi connectivity index (χ1) is 9.97. The van der Waals surface area contributed by atoms with Crippen LogP contribution >= 0.6 is 0 Å². The largest absolute Gasteiger partial charge is 0.478 e. The molecule has 7 nitrogen and oxygen atoms in total. The van der Waals surface area contributed by atoms with Gasteiger partial charge in [0.05, 0.1) is 16.7 Å². The molecule has 7 heteroatoms. The van der Waals surface area contributed by atoms with Crippen LogP contribution in [0.4, 0.5) is 0 Å². The van der Waals surface area contributed by atoms with Crippen molar-refractivity contribution in [1.82, 2.24) is 9.55 Å². The molecule has 21 heavy (non-hydrogen) atoms. The maximum atomic E-state index is 11.3. The Morgan fingerprint density at radius 3 is 2.95 bits per heavy atom. The zero-order valence-electron chi connectivity index (χ0n) is 11.8. The molecule has 0 amide bonds. The summed E-state index contributed by atoms with van der Waals surface area (Å²) in [5, 5.41) is 13.2. The number of imidazole rings is 1. The number of nitrogens with two attached hydrogens (primary N) is 1. The number of nitrogens with zero attached hydrogens (tertiary/aromatic N) is 3. The highest BCUT2D eigenvalue weighted by Gasteiger charge is 2.46. The standard InChI is InChI=1S/C14H16N4O3/c1-8-16-10-5-9(3-4-12(10)18(8)2)11-6-14(7-15,13(19)20)21-17-11/h3-5H,6-7,15H2,1-2H3,(H,19,20). The fraction of sp³-hybridized carbons (Fsp3) is 0.357. The molecule has 1 atom stereocenters. The van der Waals surface area contributed by atoms with Crippen LogP contribution in [0.2, 0.25) is 0 Å². The average molecular weight is 288 g/mol. The molecule has 3 rings (SSSR count). The molecule has 1 aromatic carbocycles. The Labute approximate surface area is 121 Å². The number of hydrogen-bond acceptors (Lipinski definition) is 5. The van der Waals surface area contributed by atoms with Crippen molar-refractivity contribution in [2.75, 3.05) is 6.54 Å². The number of aromatic nitrogens is 2. The number of carboxylic acids is 1. The van der Waals surface area contributed by atoms with Gasteiger partial charge in [0.2, 0.25) is 0 Å². The summed E-state index contributed by atoms with van der Waals surface area (Å²) < 4.78 is 1.99. The molecule has 0 fully saturated rings. The van der Waals surface area contributed by atoms with Crippen LogP contribution in [-0.2, 0) is 16.7 Å². The average Bonchev–Trinajstić information content (AvgIpc) is 3.02. The van der Waals surface area contributed by atoms with Crippen LogP contribution in [0.25, 0.3) is 11.0 Å². The van der Waals surface area contributed by atoms with Gasteiger partial charge in [-0.3, -0.25) is 0 Å². The summed E-state index contributed by atoms with van der Waals surface area (Å²) in [7, 11) is 1.95. The van der Waals surface area contributed by atoms with Crippen molar-refractivity contribution in [2.24, 2.45) is 17.9 Å². The molecule has 110 valence electrons. The second-order valence-corrected chi connectivity index (χ2v) is 5.23. The lowest BCUT2D eigenvalue weighted by molar-refractivity contribution is -0.161. The van der Waals surface area contributed by atoms with Crippen LogP contribution < -0.4 is 5.73 Å². The molecule has 0 radical (unpaired) electrons. The normalized spacial score (nSPS) is 21.4. The molecule has 2 aromatic rings. The van der Waals surface area contributed by atoms with Crippen molar-refractivity contribution in [2.45, 2.75) is 18.9 Å². The van der Waals surface area contributed by atoms with Gasteiger partial charge in [-0.2, -0.15) is 0 Å². The van der Waals surface area contributed by atoms with Gasteiger partial charge in [0.25, 0.3) is 5.60 Å². The van der Waals surface area contributed by atoms with E-state index in [2.05, 4.69) is 10.1 Å². The summed E-state index contributed by atoms with van der Waals surface area (Å²) in [5.74, 6) is -0.188. The number of hydrogen-bond donors (Lipinski definition) is 2. The lowest BCUT2D eigenvalue weighted by atomic mass is 9.94. The zero-order chi connectivity index (χ0) is 15.2. The Morgan fingerprint density at radius 2 is 2.33 bits per heavy atom. The number of rotatable bonds is 3. The summed E-state index contributed by atoms with van der Waals surface area (Å²) in [6.45, 7) is 1.81. The Morgan fingerprint density at radius 1 is 1.57 bits per heavy atom. The summed E-state index contributed by atoms with van der Waals surface area (Å²) >= 11 is 0. The van der Waals surface area contributed by atoms with Gasteiger partial charge in [-0.25, -0.2) is 9.78 Å². The summed E-state index contributed by atoms with van der Waals surface area (Å²) in [4.78, 5) is 20.9. The lowest BCUT2D eigenvalue weighted by Crippen LogP contribution is -2.45. The molecule has 0 saturated carbocycles. The minimum absolute atomic E-state index is 0.125. The van der Waals surface area contributed by atoms with Gasteiger partial charge < -0.3 is 20.2 Å². The number of fused-ring (bicyclic) bond motifs is 1. The van der Waals surface area contributed by atoms with Crippen molar-refractivity contribution < 1.29 is 14.7 Å². The van der Waals surface area contributed by atoms with E-state index < -0.39 is 11.6 Å². The van der Waals surface area contributed by atoms with Gasteiger partial charge in [0.15, 0.2) is 0 Å². The van der Waals surface area contributed by atoms with E-state index in [1.807, 2.05) is 36.7 Å². The number of carbonyl (C=O) groups is 1. The quantitative estimate of drug-likeness (QED) is 0.869. The van der Waals surface area contributed by atoms with Gasteiger partial charge in [0, 0.05) is 25.6 Å². The third kappa shape index (κ3) is 1.97. The number of oxime groups is 1. The smallest absolute Gasteiger partial charge is 0.352 e. The minimum atomic E-state index is -1.45. The molecule has 1 aromatic heterocycles. The van der Waals surface area contributed by atoms with E-state index in [0.717, 1.165) is 22.4 Å². The fourth-order valence-electron chi connectivity index (χ4n) is 2.44. The SMILES string of the molecule is Cc1nc2cc(C3=NOC(CN)(C(=O)O)C3)ccc2n1C. The summed E-state index contributed by atoms with van der Waals surface area (Å²) in [5.41, 5.74) is 7.31. The number of carboxylic acid groups (broad SMARTS) is 1. The number of aliphatic carboxylic acids is 1. The number of aryl methyl sites for hydroxylation is 2. The van der Waals surface area contributed by atoms with Crippen LogP contribution in [-0.4, -0.2) is 38.5 Å². The molecule has 1 unspecified atom stereocenters. The molecular weight excluding hydrogens is 272 g/mol. The highest BCUT2D eigenvalue weighted by Crippen LogP contribution is 2.27. The Kier molecular flexibility index (Phi) is 2.94. The maximum absolute atomic E-state index is 11.3. The first kappa shape index (κ1) is 13.6. The van der Waals surface area contributed by atoms with Crippen LogP contribution in [0.3, 0.4) is 0 Å². The molecule has 3 N–H and O–H groups in total. The number of benzene rings is 1. The van der Waals surface area contributed by atoms with Gasteiger partial charge in [0.1, 0.15) is 5.82 Å². The Balaban J connectivity index is 1.97. The minimum Gasteiger partial charge on any atom is -0.478 e. The maximum Gasteiger partial charge on any atom is 0.352 e. The molecule has 1 aliphatic heterocycles. The third-order valence-electron chi connectivity index (χ3n) is 3.94. The van der Waals surface area contributed by atoms with E-state index in [4.69, 9.17) is 10.6 Å². The van der Waals surface area contributed by atoms with Gasteiger partial charge >= 0.3 is 5.97 Å². The predicted molar refractivity (Wildman–Crippen MR) is 77.1 cm³/mol. The van der Waals surface area contributed by atoms with Crippen molar-refractivity contribution in [3.63, 3.8) is 0 Å². The third-order valence-corrected chi connectivity index (χ3v) is 3.94. The second-order valence-electron chi connectivity index (χ2n) is 5.23. The van der Waals surface area contributed by atoms with Crippen molar-refractivity contribution in [3.8, 4) is 0 Å². The lowest BCUT2D eigenvalue weighted by Gasteiger charge is -2.18. The highest BCUT2D eigenvalue weighted by atomic mass is 16.7. The molecule has 1 aliphatic rings. The monoisotopic (exact) mass is 288 g/mol. The molecule has 2 heterocycles. The van der Waals surface area contributed by atoms with Gasteiger partial charge in [-0.05, 0) is 19.1 Å². The molecule has 0 aliphatic carbocycles. The molecule has 0 bridgehead atoms. The van der Waals surface area contributed by atoms with E-state index in [9.17, 15) is 9.90 Å². The summed E-state index contributed by atoms with van der Waals surface area (Å²) in [6.07, 6.45) is 0.149. The van der Waals surface area contributed by atoms with E-state index >= 15 is 0 Å². The van der Waals surface area contributed by atoms with Crippen LogP contribution in [0, 0.1) is 6.92 Å². The molecule has 0 saturated heterocycles. The van der Waals surface area contributed by atoms with E-state index in [0.29, 0.717) is 5.71 Å². The molecule has 0 spiro atoms. The van der Waals surface area contributed by atoms with E-state index in [1.54, 1.807) is 0 Å². The van der Waals surface area contributed by atoms with Gasteiger partial charge in [-0.1, -0.05) is 11.2 Å². The Hall–Kier alpha value is -2.41. The van der Waals surface area contributed by atoms with Crippen LogP contribution in [0.1, 0.15) is 17.8 Å². The van der Waals surface area contributed by atoms with Crippen molar-refractivity contribution >= 4 is 22.7 Å². The van der Waals surface area contributed by atoms with Crippen LogP contribution in [0.5, 0.6) is 0 Å². The van der Waals surface area contributed by atoms with Crippen molar-refractivity contribution in [3.05, 3.63) is 29.6 Å². The van der Waals surface area contributed by atoms with Gasteiger partial charge in [-0.15, -0.1) is 0 Å². The topological polar surface area (TPSA) is 103 Å². The fourth-order valence-corrected chi connectivity index (χ4v) is 2.44. The van der Waals surface area contributed by atoms with E-state index in [-0.39, 0.29) is 13.0 Å². The summed E-state index contributed by atoms with van der Waals surface area (Å²) in [6, 6.07) is 5.72. The first-order valence-corrected chi connectivity index (χ1v) is 6.59. The second kappa shape index (κ2) is 4.56. The Bertz CT molecular complexity index is 765. The predicted octanol–water partition coefficient (Wildman–Crippen LogP) is 0.788. The highest BCUT2D eigenvalue weighted by molar-refractivity contribution is 6.06. The zero-order valence-corrected chi connectivity index (χ0v) is 11.8. The molecular formula is C14H16N4O3. The van der Waals surface area contributed by atoms with E-state index in [1.165, 1.54) is 0 Å².